The Kier molecular flexibility index (Phi) is 4.72. The summed E-state index contributed by atoms with van der Waals surface area (Å²) in [5.74, 6) is 0.881. The van der Waals surface area contributed by atoms with Crippen molar-refractivity contribution in [2.75, 3.05) is 0 Å². The molecule has 1 atom stereocenters. The predicted octanol–water partition coefficient (Wildman–Crippen LogP) is 3.35. The number of rotatable bonds is 3. The van der Waals surface area contributed by atoms with Gasteiger partial charge in [0.2, 0.25) is 0 Å². The van der Waals surface area contributed by atoms with Gasteiger partial charge in [0.25, 0.3) is 0 Å². The van der Waals surface area contributed by atoms with Crippen molar-refractivity contribution in [1.82, 2.24) is 9.97 Å². The third-order valence-corrected chi connectivity index (χ3v) is 3.28. The SMILES string of the molecule is CCC(N)Cc1nc(C(C)(C)C)cc(C(C)(C)C)n1. The van der Waals surface area contributed by atoms with Crippen LogP contribution < -0.4 is 5.73 Å². The van der Waals surface area contributed by atoms with E-state index in [1.807, 2.05) is 0 Å². The van der Waals surface area contributed by atoms with Crippen LogP contribution in [0.3, 0.4) is 0 Å². The minimum Gasteiger partial charge on any atom is -0.327 e. The zero-order valence-corrected chi connectivity index (χ0v) is 13.5. The van der Waals surface area contributed by atoms with E-state index >= 15 is 0 Å². The second-order valence-corrected chi connectivity index (χ2v) is 7.43. The van der Waals surface area contributed by atoms with Crippen LogP contribution in [0.5, 0.6) is 0 Å². The summed E-state index contributed by atoms with van der Waals surface area (Å²) in [4.78, 5) is 9.43. The molecule has 1 rings (SSSR count). The van der Waals surface area contributed by atoms with E-state index in [4.69, 9.17) is 15.7 Å². The number of nitrogens with two attached hydrogens (primary N) is 1. The van der Waals surface area contributed by atoms with E-state index in [0.29, 0.717) is 0 Å². The van der Waals surface area contributed by atoms with Gasteiger partial charge in [-0.25, -0.2) is 9.97 Å². The van der Waals surface area contributed by atoms with Crippen LogP contribution in [0.1, 0.15) is 72.1 Å². The van der Waals surface area contributed by atoms with Crippen LogP contribution in [0.4, 0.5) is 0 Å². The van der Waals surface area contributed by atoms with Crippen LogP contribution >= 0.6 is 0 Å². The molecule has 0 aliphatic heterocycles. The quantitative estimate of drug-likeness (QED) is 0.910. The fourth-order valence-electron chi connectivity index (χ4n) is 1.74. The molecule has 2 N–H and O–H groups in total. The first-order chi connectivity index (χ1) is 8.54. The van der Waals surface area contributed by atoms with Crippen molar-refractivity contribution in [2.24, 2.45) is 5.73 Å². The van der Waals surface area contributed by atoms with Gasteiger partial charge in [-0.2, -0.15) is 0 Å². The van der Waals surface area contributed by atoms with Gasteiger partial charge in [-0.1, -0.05) is 48.5 Å². The lowest BCUT2D eigenvalue weighted by Gasteiger charge is -2.24. The average Bonchev–Trinajstić information content (AvgIpc) is 2.26. The monoisotopic (exact) mass is 263 g/mol. The molecule has 0 saturated heterocycles. The Labute approximate surface area is 118 Å². The van der Waals surface area contributed by atoms with E-state index in [-0.39, 0.29) is 16.9 Å². The molecule has 0 aromatic carbocycles. The van der Waals surface area contributed by atoms with Crippen molar-refractivity contribution in [3.8, 4) is 0 Å². The maximum absolute atomic E-state index is 6.04. The second-order valence-electron chi connectivity index (χ2n) is 7.43. The van der Waals surface area contributed by atoms with Crippen LogP contribution in [0.2, 0.25) is 0 Å². The van der Waals surface area contributed by atoms with E-state index in [1.54, 1.807) is 0 Å². The molecule has 0 amide bonds. The summed E-state index contributed by atoms with van der Waals surface area (Å²) < 4.78 is 0. The van der Waals surface area contributed by atoms with Gasteiger partial charge < -0.3 is 5.73 Å². The molecule has 19 heavy (non-hydrogen) atoms. The lowest BCUT2D eigenvalue weighted by atomic mass is 9.86. The largest absolute Gasteiger partial charge is 0.327 e. The molecule has 0 radical (unpaired) electrons. The summed E-state index contributed by atoms with van der Waals surface area (Å²) in [6, 6.07) is 2.28. The van der Waals surface area contributed by atoms with Crippen LogP contribution in [0, 0.1) is 0 Å². The van der Waals surface area contributed by atoms with Crippen molar-refractivity contribution < 1.29 is 0 Å². The third-order valence-electron chi connectivity index (χ3n) is 3.28. The zero-order valence-electron chi connectivity index (χ0n) is 13.5. The van der Waals surface area contributed by atoms with Crippen molar-refractivity contribution in [1.29, 1.82) is 0 Å². The highest BCUT2D eigenvalue weighted by Gasteiger charge is 2.23. The molecule has 1 aromatic heterocycles. The minimum absolute atomic E-state index is 0.0357. The summed E-state index contributed by atoms with van der Waals surface area (Å²) in [6.07, 6.45) is 1.71. The lowest BCUT2D eigenvalue weighted by molar-refractivity contribution is 0.521. The Balaban J connectivity index is 3.25. The highest BCUT2D eigenvalue weighted by Crippen LogP contribution is 2.26. The highest BCUT2D eigenvalue weighted by atomic mass is 14.9. The highest BCUT2D eigenvalue weighted by molar-refractivity contribution is 5.23. The van der Waals surface area contributed by atoms with Crippen molar-refractivity contribution in [3.05, 3.63) is 23.3 Å². The van der Waals surface area contributed by atoms with Crippen molar-refractivity contribution in [3.63, 3.8) is 0 Å². The Hall–Kier alpha value is -0.960. The topological polar surface area (TPSA) is 51.8 Å². The first-order valence-corrected chi connectivity index (χ1v) is 7.18. The molecule has 108 valence electrons. The summed E-state index contributed by atoms with van der Waals surface area (Å²) in [7, 11) is 0. The predicted molar refractivity (Wildman–Crippen MR) is 81.4 cm³/mol. The molecule has 0 aliphatic rings. The van der Waals surface area contributed by atoms with E-state index in [9.17, 15) is 0 Å². The first-order valence-electron chi connectivity index (χ1n) is 7.18. The van der Waals surface area contributed by atoms with E-state index < -0.39 is 0 Å². The van der Waals surface area contributed by atoms with Crippen LogP contribution in [0.25, 0.3) is 0 Å². The molecule has 1 aromatic rings. The maximum atomic E-state index is 6.04. The van der Waals surface area contributed by atoms with Gasteiger partial charge in [0.05, 0.1) is 0 Å². The molecule has 1 unspecified atom stereocenters. The fraction of sp³-hybridized carbons (Fsp3) is 0.750. The molecule has 0 aliphatic carbocycles. The second kappa shape index (κ2) is 5.58. The number of hydrogen-bond acceptors (Lipinski definition) is 3. The van der Waals surface area contributed by atoms with Gasteiger partial charge >= 0.3 is 0 Å². The number of aromatic nitrogens is 2. The van der Waals surface area contributed by atoms with Crippen molar-refractivity contribution >= 4 is 0 Å². The number of hydrogen-bond donors (Lipinski definition) is 1. The smallest absolute Gasteiger partial charge is 0.130 e. The van der Waals surface area contributed by atoms with Crippen molar-refractivity contribution in [2.45, 2.75) is 78.2 Å². The molecule has 0 fully saturated rings. The maximum Gasteiger partial charge on any atom is 0.130 e. The summed E-state index contributed by atoms with van der Waals surface area (Å²) in [5.41, 5.74) is 8.32. The Morgan fingerprint density at radius 1 is 1.00 bits per heavy atom. The van der Waals surface area contributed by atoms with Gasteiger partial charge in [0.1, 0.15) is 5.82 Å². The first kappa shape index (κ1) is 16.1. The normalized spacial score (nSPS) is 14.5. The Morgan fingerprint density at radius 3 is 1.74 bits per heavy atom. The molecule has 0 spiro atoms. The van der Waals surface area contributed by atoms with E-state index in [2.05, 4.69) is 54.5 Å². The molecule has 1 heterocycles. The van der Waals surface area contributed by atoms with Crippen LogP contribution in [0.15, 0.2) is 6.07 Å². The van der Waals surface area contributed by atoms with Gasteiger partial charge in [-0.15, -0.1) is 0 Å². The third kappa shape index (κ3) is 4.57. The zero-order chi connectivity index (χ0) is 14.8. The summed E-state index contributed by atoms with van der Waals surface area (Å²) >= 11 is 0. The van der Waals surface area contributed by atoms with Gasteiger partial charge in [0.15, 0.2) is 0 Å². The lowest BCUT2D eigenvalue weighted by Crippen LogP contribution is -2.26. The standard InChI is InChI=1S/C16H29N3/c1-8-11(17)9-14-18-12(15(2,3)4)10-13(19-14)16(5,6)7/h10-11H,8-9,17H2,1-7H3. The summed E-state index contributed by atoms with van der Waals surface area (Å²) in [6.45, 7) is 15.2. The fourth-order valence-corrected chi connectivity index (χ4v) is 1.74. The molecular weight excluding hydrogens is 234 g/mol. The Bertz CT molecular complexity index is 392. The van der Waals surface area contributed by atoms with E-state index in [1.165, 1.54) is 0 Å². The van der Waals surface area contributed by atoms with Gasteiger partial charge in [-0.3, -0.25) is 0 Å². The molecule has 3 nitrogen and oxygen atoms in total. The molecule has 0 bridgehead atoms. The molecular formula is C16H29N3. The number of nitrogens with zero attached hydrogens (tertiary/aromatic N) is 2. The van der Waals surface area contributed by atoms with Crippen LogP contribution in [-0.2, 0) is 17.3 Å². The Morgan fingerprint density at radius 2 is 1.42 bits per heavy atom. The van der Waals surface area contributed by atoms with E-state index in [0.717, 1.165) is 30.1 Å². The summed E-state index contributed by atoms with van der Waals surface area (Å²) in [5, 5.41) is 0. The van der Waals surface area contributed by atoms with Gasteiger partial charge in [-0.05, 0) is 12.5 Å². The molecule has 3 heteroatoms. The molecule has 0 saturated carbocycles. The minimum atomic E-state index is 0.0357. The van der Waals surface area contributed by atoms with Crippen LogP contribution in [-0.4, -0.2) is 16.0 Å². The average molecular weight is 263 g/mol. The van der Waals surface area contributed by atoms with Gasteiger partial charge in [0, 0.05) is 34.7 Å².